The normalized spacial score (nSPS) is 12.5. The Hall–Kier alpha value is -3.47. The molecule has 39 heavy (non-hydrogen) atoms. The molecule has 1 heterocycles. The number of ketones is 1. The van der Waals surface area contributed by atoms with Crippen molar-refractivity contribution in [3.8, 4) is 0 Å². The number of Topliss-reactive ketones (excluding diaryl/α,β-unsaturated/α-hetero) is 1. The first kappa shape index (κ1) is 30.1. The Morgan fingerprint density at radius 3 is 2.33 bits per heavy atom. The maximum atomic E-state index is 13.8. The number of carbonyl (C=O) groups is 3. The Morgan fingerprint density at radius 2 is 1.64 bits per heavy atom. The Kier molecular flexibility index (Phi) is 11.3. The third-order valence-electron chi connectivity index (χ3n) is 6.11. The van der Waals surface area contributed by atoms with Gasteiger partial charge in [0.2, 0.25) is 11.8 Å². The molecule has 1 aromatic heterocycles. The summed E-state index contributed by atoms with van der Waals surface area (Å²) in [5.41, 5.74) is 2.90. The predicted molar refractivity (Wildman–Crippen MR) is 148 cm³/mol. The van der Waals surface area contributed by atoms with Gasteiger partial charge in [0.25, 0.3) is 0 Å². The molecule has 0 aliphatic carbocycles. The number of rotatable bonds is 14. The van der Waals surface area contributed by atoms with E-state index in [0.29, 0.717) is 17.1 Å². The van der Waals surface area contributed by atoms with Crippen LogP contribution in [0.2, 0.25) is 0 Å². The fourth-order valence-corrected chi connectivity index (χ4v) is 4.88. The molecule has 0 spiro atoms. The van der Waals surface area contributed by atoms with Gasteiger partial charge in [0.05, 0.1) is 22.7 Å². The highest BCUT2D eigenvalue weighted by molar-refractivity contribution is 7.12. The molecule has 0 aliphatic rings. The molecule has 0 unspecified atom stereocenters. The van der Waals surface area contributed by atoms with Crippen LogP contribution in [0.25, 0.3) is 0 Å². The van der Waals surface area contributed by atoms with Gasteiger partial charge in [0, 0.05) is 38.9 Å². The molecule has 2 aromatic carbocycles. The van der Waals surface area contributed by atoms with E-state index in [1.54, 1.807) is 11.4 Å². The summed E-state index contributed by atoms with van der Waals surface area (Å²) in [5, 5.41) is 21.1. The number of aryl methyl sites for hydroxylation is 1. The molecule has 0 radical (unpaired) electrons. The van der Waals surface area contributed by atoms with E-state index in [0.717, 1.165) is 30.2 Å². The molecule has 0 fully saturated rings. The van der Waals surface area contributed by atoms with E-state index >= 15 is 0 Å². The maximum absolute atomic E-state index is 13.8. The molecule has 2 atom stereocenters. The Morgan fingerprint density at radius 1 is 0.949 bits per heavy atom. The molecular weight excluding hydrogens is 524 g/mol. The smallest absolute Gasteiger partial charge is 0.224 e. The molecule has 10 heteroatoms. The second kappa shape index (κ2) is 14.6. The number of anilines is 1. The molecule has 0 aliphatic heterocycles. The predicted octanol–water partition coefficient (Wildman–Crippen LogP) is 4.39. The molecule has 4 N–H and O–H groups in total. The molecule has 3 aromatic rings. The third kappa shape index (κ3) is 9.65. The van der Waals surface area contributed by atoms with Crippen LogP contribution in [-0.2, 0) is 29.0 Å². The summed E-state index contributed by atoms with van der Waals surface area (Å²) in [5.74, 6) is -2.62. The molecule has 208 valence electrons. The molecule has 2 amide bonds. The fourth-order valence-electron chi connectivity index (χ4n) is 4.13. The van der Waals surface area contributed by atoms with Gasteiger partial charge in [-0.05, 0) is 53.1 Å². The van der Waals surface area contributed by atoms with Crippen molar-refractivity contribution in [2.45, 2.75) is 58.2 Å². The van der Waals surface area contributed by atoms with E-state index in [1.165, 1.54) is 23.8 Å². The van der Waals surface area contributed by atoms with E-state index in [1.807, 2.05) is 18.2 Å². The number of hydrogen-bond acceptors (Lipinski definition) is 6. The molecular formula is C29H33F2N3O4S. The summed E-state index contributed by atoms with van der Waals surface area (Å²) in [6.07, 6.45) is -0.520. The summed E-state index contributed by atoms with van der Waals surface area (Å²) in [6.45, 7) is 4.08. The quantitative estimate of drug-likeness (QED) is 0.220. The van der Waals surface area contributed by atoms with E-state index < -0.39 is 35.6 Å². The fraction of sp³-hybridized carbons (Fsp3) is 0.345. The topological polar surface area (TPSA) is 108 Å². The first-order chi connectivity index (χ1) is 18.6. The summed E-state index contributed by atoms with van der Waals surface area (Å²) >= 11 is 1.21. The van der Waals surface area contributed by atoms with Crippen molar-refractivity contribution in [2.24, 2.45) is 0 Å². The van der Waals surface area contributed by atoms with Crippen molar-refractivity contribution < 1.29 is 28.3 Å². The first-order valence-electron chi connectivity index (χ1n) is 12.7. The lowest BCUT2D eigenvalue weighted by atomic mass is 10.00. The number of aliphatic hydroxyl groups excluding tert-OH is 1. The second-order valence-corrected chi connectivity index (χ2v) is 10.2. The lowest BCUT2D eigenvalue weighted by molar-refractivity contribution is -0.125. The van der Waals surface area contributed by atoms with Crippen molar-refractivity contribution >= 4 is 34.6 Å². The van der Waals surface area contributed by atoms with Gasteiger partial charge in [-0.1, -0.05) is 31.2 Å². The first-order valence-corrected chi connectivity index (χ1v) is 13.6. The Bertz CT molecular complexity index is 1280. The SMILES string of the molecule is CCc1cccc(CNC[C@@H](O)[C@H](Cc2cc(F)cc(F)c2)NC(=O)CCC(=O)Nc2ccsc2C(C)=O)c1. The minimum Gasteiger partial charge on any atom is -0.390 e. The Balaban J connectivity index is 1.60. The number of nitrogens with one attached hydrogen (secondary N) is 3. The van der Waals surface area contributed by atoms with Gasteiger partial charge in [-0.25, -0.2) is 8.78 Å². The van der Waals surface area contributed by atoms with Crippen molar-refractivity contribution in [1.29, 1.82) is 0 Å². The van der Waals surface area contributed by atoms with Gasteiger partial charge < -0.3 is 21.1 Å². The largest absolute Gasteiger partial charge is 0.390 e. The van der Waals surface area contributed by atoms with Crippen LogP contribution in [0.4, 0.5) is 14.5 Å². The average molecular weight is 558 g/mol. The third-order valence-corrected chi connectivity index (χ3v) is 7.12. The van der Waals surface area contributed by atoms with Crippen LogP contribution in [0, 0.1) is 11.6 Å². The van der Waals surface area contributed by atoms with Gasteiger partial charge >= 0.3 is 0 Å². The van der Waals surface area contributed by atoms with E-state index in [-0.39, 0.29) is 37.2 Å². The zero-order valence-corrected chi connectivity index (χ0v) is 22.7. The van der Waals surface area contributed by atoms with Gasteiger partial charge in [-0.15, -0.1) is 11.3 Å². The number of benzene rings is 2. The van der Waals surface area contributed by atoms with Crippen molar-refractivity contribution in [3.63, 3.8) is 0 Å². The summed E-state index contributed by atoms with van der Waals surface area (Å²) in [4.78, 5) is 37.1. The number of aliphatic hydroxyl groups is 1. The van der Waals surface area contributed by atoms with Crippen LogP contribution in [0.3, 0.4) is 0 Å². The lowest BCUT2D eigenvalue weighted by Crippen LogP contribution is -2.48. The zero-order valence-electron chi connectivity index (χ0n) is 21.9. The standard InChI is InChI=1S/C29H33F2N3O4S/c1-3-19-5-4-6-20(11-19)16-32-17-26(36)25(14-21-12-22(30)15-23(31)13-21)34-28(38)8-7-27(37)33-24-9-10-39-29(24)18(2)35/h4-6,9-13,15,25-26,32,36H,3,7-8,14,16-17H2,1-2H3,(H,33,37)(H,34,38)/t25-,26+/m0/s1. The zero-order chi connectivity index (χ0) is 28.4. The number of thiophene rings is 1. The highest BCUT2D eigenvalue weighted by Gasteiger charge is 2.23. The highest BCUT2D eigenvalue weighted by atomic mass is 32.1. The van der Waals surface area contributed by atoms with Gasteiger partial charge in [0.15, 0.2) is 5.78 Å². The number of carbonyl (C=O) groups excluding carboxylic acids is 3. The molecule has 7 nitrogen and oxygen atoms in total. The number of amides is 2. The van der Waals surface area contributed by atoms with Crippen molar-refractivity contribution in [1.82, 2.24) is 10.6 Å². The maximum Gasteiger partial charge on any atom is 0.224 e. The molecule has 0 bridgehead atoms. The van der Waals surface area contributed by atoms with Crippen LogP contribution in [0.5, 0.6) is 0 Å². The van der Waals surface area contributed by atoms with Crippen LogP contribution in [0.15, 0.2) is 53.9 Å². The molecule has 0 saturated carbocycles. The van der Waals surface area contributed by atoms with Gasteiger partial charge in [-0.2, -0.15) is 0 Å². The van der Waals surface area contributed by atoms with E-state index in [9.17, 15) is 28.3 Å². The van der Waals surface area contributed by atoms with E-state index in [2.05, 4.69) is 28.9 Å². The van der Waals surface area contributed by atoms with Crippen LogP contribution in [-0.4, -0.2) is 41.4 Å². The highest BCUT2D eigenvalue weighted by Crippen LogP contribution is 2.23. The second-order valence-electron chi connectivity index (χ2n) is 9.30. The van der Waals surface area contributed by atoms with Crippen LogP contribution >= 0.6 is 11.3 Å². The summed E-state index contributed by atoms with van der Waals surface area (Å²) in [6, 6.07) is 11.8. The lowest BCUT2D eigenvalue weighted by Gasteiger charge is -2.25. The summed E-state index contributed by atoms with van der Waals surface area (Å²) in [7, 11) is 0. The average Bonchev–Trinajstić information content (AvgIpc) is 3.35. The van der Waals surface area contributed by atoms with Gasteiger partial charge in [0.1, 0.15) is 11.6 Å². The minimum absolute atomic E-state index is 0.0162. The Labute approximate surface area is 230 Å². The van der Waals surface area contributed by atoms with Crippen LogP contribution in [0.1, 0.15) is 53.1 Å². The van der Waals surface area contributed by atoms with Gasteiger partial charge in [-0.3, -0.25) is 14.4 Å². The monoisotopic (exact) mass is 557 g/mol. The number of hydrogen-bond donors (Lipinski definition) is 4. The van der Waals surface area contributed by atoms with Crippen molar-refractivity contribution in [2.75, 3.05) is 11.9 Å². The molecule has 0 saturated heterocycles. The summed E-state index contributed by atoms with van der Waals surface area (Å²) < 4.78 is 27.5. The molecule has 3 rings (SSSR count). The van der Waals surface area contributed by atoms with Crippen molar-refractivity contribution in [3.05, 3.63) is 87.1 Å². The minimum atomic E-state index is -1.08. The number of halogens is 2. The van der Waals surface area contributed by atoms with E-state index in [4.69, 9.17) is 0 Å². The van der Waals surface area contributed by atoms with Crippen LogP contribution < -0.4 is 16.0 Å².